The zero-order chi connectivity index (χ0) is 29.2. The quantitative estimate of drug-likeness (QED) is 0.393. The van der Waals surface area contributed by atoms with Gasteiger partial charge in [-0.05, 0) is 49.6 Å². The second kappa shape index (κ2) is 13.7. The van der Waals surface area contributed by atoms with Crippen LogP contribution < -0.4 is 0 Å². The average Bonchev–Trinajstić information content (AvgIpc) is 3.52. The maximum absolute atomic E-state index is 13.0. The Morgan fingerprint density at radius 1 is 1.03 bits per heavy atom. The predicted octanol–water partition coefficient (Wildman–Crippen LogP) is 3.99. The van der Waals surface area contributed by atoms with Crippen molar-refractivity contribution in [2.45, 2.75) is 38.3 Å². The largest absolute Gasteiger partial charge is 0.490 e. The van der Waals surface area contributed by atoms with E-state index < -0.39 is 24.3 Å². The molecule has 214 valence electrons. The van der Waals surface area contributed by atoms with Crippen LogP contribution in [0.25, 0.3) is 11.3 Å². The number of alkyl halides is 6. The Morgan fingerprint density at radius 2 is 1.62 bits per heavy atom. The molecule has 17 heteroatoms. The molecule has 1 unspecified atom stereocenters. The Labute approximate surface area is 216 Å². The number of aromatic amines is 1. The molecule has 0 spiro atoms. The van der Waals surface area contributed by atoms with Crippen LogP contribution in [0.15, 0.2) is 42.9 Å². The fourth-order valence-electron chi connectivity index (χ4n) is 3.45. The summed E-state index contributed by atoms with van der Waals surface area (Å²) in [4.78, 5) is 27.7. The number of imidazole rings is 1. The third-order valence-electron chi connectivity index (χ3n) is 5.14. The molecule has 1 aliphatic heterocycles. The topological polar surface area (TPSA) is 137 Å². The van der Waals surface area contributed by atoms with Gasteiger partial charge in [0.25, 0.3) is 0 Å². The van der Waals surface area contributed by atoms with E-state index in [9.17, 15) is 30.7 Å². The van der Waals surface area contributed by atoms with Crippen LogP contribution in [0.5, 0.6) is 0 Å². The molecule has 39 heavy (non-hydrogen) atoms. The summed E-state index contributed by atoms with van der Waals surface area (Å²) in [5, 5.41) is 22.7. The molecule has 10 nitrogen and oxygen atoms in total. The van der Waals surface area contributed by atoms with Gasteiger partial charge in [0.1, 0.15) is 17.3 Å². The first kappa shape index (κ1) is 31.2. The number of hydrogen-bond acceptors (Lipinski definition) is 6. The standard InChI is InChI=1S/C18H21FN6.2C2HF3O2/c19-16-5-3-15(4-6-16)17-12-25(23-22-17)11-14-2-1-9-24(10-14)13-18-20-7-8-21-18;2*3-2(4,5)1(6)7/h3-8,12,14H,1-2,9-11,13H2,(H,20,21);2*(H,6,7). The van der Waals surface area contributed by atoms with E-state index in [1.165, 1.54) is 25.0 Å². The number of halogens is 7. The van der Waals surface area contributed by atoms with Gasteiger partial charge in [-0.15, -0.1) is 5.10 Å². The van der Waals surface area contributed by atoms with E-state index in [1.54, 1.807) is 18.3 Å². The number of benzene rings is 1. The Balaban J connectivity index is 0.000000317. The summed E-state index contributed by atoms with van der Waals surface area (Å²) in [6.45, 7) is 3.85. The lowest BCUT2D eigenvalue weighted by atomic mass is 9.98. The van der Waals surface area contributed by atoms with Crippen LogP contribution in [0.3, 0.4) is 0 Å². The molecule has 1 fully saturated rings. The normalized spacial score (nSPS) is 15.9. The number of hydrogen-bond donors (Lipinski definition) is 3. The van der Waals surface area contributed by atoms with Crippen molar-refractivity contribution in [1.82, 2.24) is 29.9 Å². The lowest BCUT2D eigenvalue weighted by molar-refractivity contribution is -0.193. The molecular formula is C22H23F7N6O4. The van der Waals surface area contributed by atoms with Crippen LogP contribution in [0.1, 0.15) is 18.7 Å². The fraction of sp³-hybridized carbons (Fsp3) is 0.409. The van der Waals surface area contributed by atoms with Crippen molar-refractivity contribution >= 4 is 11.9 Å². The highest BCUT2D eigenvalue weighted by Crippen LogP contribution is 2.21. The zero-order valence-electron chi connectivity index (χ0n) is 20.0. The highest BCUT2D eigenvalue weighted by Gasteiger charge is 2.38. The van der Waals surface area contributed by atoms with E-state index in [4.69, 9.17) is 19.8 Å². The van der Waals surface area contributed by atoms with E-state index in [0.29, 0.717) is 5.92 Å². The number of nitrogens with one attached hydrogen (secondary N) is 1. The Bertz CT molecular complexity index is 1160. The highest BCUT2D eigenvalue weighted by molar-refractivity contribution is 5.73. The molecule has 0 radical (unpaired) electrons. The lowest BCUT2D eigenvalue weighted by Crippen LogP contribution is -2.36. The van der Waals surface area contributed by atoms with Crippen molar-refractivity contribution in [3.8, 4) is 11.3 Å². The summed E-state index contributed by atoms with van der Waals surface area (Å²) in [6, 6.07) is 6.36. The molecule has 1 atom stereocenters. The Hall–Kier alpha value is -4.02. The second-order valence-corrected chi connectivity index (χ2v) is 8.22. The fourth-order valence-corrected chi connectivity index (χ4v) is 3.45. The molecule has 4 rings (SSSR count). The van der Waals surface area contributed by atoms with Crippen LogP contribution in [0, 0.1) is 11.7 Å². The van der Waals surface area contributed by atoms with Crippen LogP contribution >= 0.6 is 0 Å². The first-order valence-corrected chi connectivity index (χ1v) is 11.1. The first-order valence-electron chi connectivity index (χ1n) is 11.1. The van der Waals surface area contributed by atoms with Gasteiger partial charge in [-0.2, -0.15) is 26.3 Å². The summed E-state index contributed by atoms with van der Waals surface area (Å²) in [5.74, 6) is -4.19. The van der Waals surface area contributed by atoms with Crippen molar-refractivity contribution in [2.75, 3.05) is 13.1 Å². The number of aliphatic carboxylic acids is 2. The van der Waals surface area contributed by atoms with E-state index in [-0.39, 0.29) is 5.82 Å². The van der Waals surface area contributed by atoms with Gasteiger partial charge < -0.3 is 15.2 Å². The number of carboxylic acid groups (broad SMARTS) is 2. The van der Waals surface area contributed by atoms with E-state index in [0.717, 1.165) is 43.3 Å². The molecule has 3 aromatic rings. The highest BCUT2D eigenvalue weighted by atomic mass is 19.4. The summed E-state index contributed by atoms with van der Waals surface area (Å²) in [7, 11) is 0. The van der Waals surface area contributed by atoms with Crippen molar-refractivity contribution in [3.63, 3.8) is 0 Å². The van der Waals surface area contributed by atoms with Gasteiger partial charge in [0.05, 0.1) is 12.7 Å². The number of carbonyl (C=O) groups is 2. The monoisotopic (exact) mass is 568 g/mol. The van der Waals surface area contributed by atoms with Gasteiger partial charge in [-0.1, -0.05) is 5.21 Å². The summed E-state index contributed by atoms with van der Waals surface area (Å²) >= 11 is 0. The van der Waals surface area contributed by atoms with Gasteiger partial charge in [0.2, 0.25) is 0 Å². The van der Waals surface area contributed by atoms with Gasteiger partial charge in [0, 0.05) is 31.0 Å². The zero-order valence-corrected chi connectivity index (χ0v) is 20.0. The van der Waals surface area contributed by atoms with Crippen molar-refractivity contribution in [2.24, 2.45) is 5.92 Å². The van der Waals surface area contributed by atoms with Crippen molar-refractivity contribution < 1.29 is 50.5 Å². The average molecular weight is 568 g/mol. The van der Waals surface area contributed by atoms with Gasteiger partial charge >= 0.3 is 24.3 Å². The molecule has 0 bridgehead atoms. The number of nitrogens with zero attached hydrogens (tertiary/aromatic N) is 5. The number of carboxylic acids is 2. The molecule has 0 saturated carbocycles. The van der Waals surface area contributed by atoms with Gasteiger partial charge in [0.15, 0.2) is 0 Å². The molecule has 1 aromatic carbocycles. The Morgan fingerprint density at radius 3 is 2.13 bits per heavy atom. The summed E-state index contributed by atoms with van der Waals surface area (Å²) in [5.41, 5.74) is 1.67. The summed E-state index contributed by atoms with van der Waals surface area (Å²) in [6.07, 6.45) is -2.18. The number of H-pyrrole nitrogens is 1. The van der Waals surface area contributed by atoms with Gasteiger partial charge in [-0.25, -0.2) is 19.0 Å². The van der Waals surface area contributed by atoms with E-state index in [2.05, 4.69) is 25.2 Å². The Kier molecular flexibility index (Phi) is 10.9. The lowest BCUT2D eigenvalue weighted by Gasteiger charge is -2.31. The molecule has 2 aromatic heterocycles. The van der Waals surface area contributed by atoms with E-state index >= 15 is 0 Å². The second-order valence-electron chi connectivity index (χ2n) is 8.22. The molecule has 1 aliphatic rings. The maximum atomic E-state index is 13.0. The number of likely N-dealkylation sites (tertiary alicyclic amines) is 1. The number of rotatable bonds is 5. The molecule has 1 saturated heterocycles. The minimum atomic E-state index is -5.08. The predicted molar refractivity (Wildman–Crippen MR) is 119 cm³/mol. The minimum Gasteiger partial charge on any atom is -0.475 e. The third kappa shape index (κ3) is 11.1. The van der Waals surface area contributed by atoms with Crippen LogP contribution in [0.4, 0.5) is 30.7 Å². The SMILES string of the molecule is Fc1ccc(-c2cn(CC3CCCN(Cc4ncc[nH]4)C3)nn2)cc1.O=C(O)C(F)(F)F.O=C(O)C(F)(F)F. The molecular weight excluding hydrogens is 545 g/mol. The minimum absolute atomic E-state index is 0.241. The third-order valence-corrected chi connectivity index (χ3v) is 5.14. The summed E-state index contributed by atoms with van der Waals surface area (Å²) < 4.78 is 78.4. The van der Waals surface area contributed by atoms with Crippen LogP contribution in [-0.2, 0) is 22.7 Å². The van der Waals surface area contributed by atoms with Crippen LogP contribution in [-0.4, -0.2) is 77.5 Å². The molecule has 3 N–H and O–H groups in total. The molecule has 0 aliphatic carbocycles. The number of piperidine rings is 1. The maximum Gasteiger partial charge on any atom is 0.490 e. The van der Waals surface area contributed by atoms with E-state index in [1.807, 2.05) is 17.1 Å². The molecule has 3 heterocycles. The molecule has 0 amide bonds. The van der Waals surface area contributed by atoms with Crippen LogP contribution in [0.2, 0.25) is 0 Å². The number of aromatic nitrogens is 5. The first-order chi connectivity index (χ1) is 18.1. The smallest absolute Gasteiger partial charge is 0.475 e. The van der Waals surface area contributed by atoms with Crippen molar-refractivity contribution in [1.29, 1.82) is 0 Å². The van der Waals surface area contributed by atoms with Crippen molar-refractivity contribution in [3.05, 3.63) is 54.5 Å². The van der Waals surface area contributed by atoms with Gasteiger partial charge in [-0.3, -0.25) is 9.58 Å².